The van der Waals surface area contributed by atoms with Gasteiger partial charge in [-0.1, -0.05) is 77.0 Å². The number of carbonyl (C=O) groups excluding carboxylic acids is 3. The van der Waals surface area contributed by atoms with Crippen molar-refractivity contribution >= 4 is 35.6 Å². The number of carboxylic acid groups (broad SMARTS) is 3. The van der Waals surface area contributed by atoms with Gasteiger partial charge in [0.1, 0.15) is 12.1 Å². The molecule has 0 aliphatic heterocycles. The Morgan fingerprint density at radius 2 is 0.850 bits per heavy atom. The Morgan fingerprint density at radius 3 is 1.18 bits per heavy atom. The van der Waals surface area contributed by atoms with Crippen molar-refractivity contribution in [1.82, 2.24) is 16.0 Å². The quantitative estimate of drug-likeness (QED) is 0.0842. The second kappa shape index (κ2) is 23.7. The van der Waals surface area contributed by atoms with Crippen LogP contribution < -0.4 is 16.0 Å². The summed E-state index contributed by atoms with van der Waals surface area (Å²) in [5, 5.41) is 34.0. The number of aliphatic carboxylic acids is 3. The number of carbonyl (C=O) groups is 6. The van der Waals surface area contributed by atoms with Crippen LogP contribution in [0.3, 0.4) is 0 Å². The minimum Gasteiger partial charge on any atom is -0.481 e. The molecule has 3 amide bonds. The van der Waals surface area contributed by atoms with Crippen molar-refractivity contribution in [1.29, 1.82) is 0 Å². The number of carboxylic acids is 3. The van der Waals surface area contributed by atoms with Crippen LogP contribution in [0.2, 0.25) is 0 Å². The summed E-state index contributed by atoms with van der Waals surface area (Å²) < 4.78 is 0. The van der Waals surface area contributed by atoms with Crippen LogP contribution >= 0.6 is 0 Å². The molecule has 0 heterocycles. The van der Waals surface area contributed by atoms with E-state index in [0.29, 0.717) is 12.8 Å². The van der Waals surface area contributed by atoms with Gasteiger partial charge in [0, 0.05) is 26.3 Å². The smallest absolute Gasteiger partial charge is 0.326 e. The van der Waals surface area contributed by atoms with E-state index in [1.165, 1.54) is 32.7 Å². The van der Waals surface area contributed by atoms with Crippen LogP contribution in [0.25, 0.3) is 0 Å². The molecule has 0 saturated heterocycles. The number of rotatable bonds is 26. The van der Waals surface area contributed by atoms with Crippen LogP contribution in [-0.4, -0.2) is 70.1 Å². The molecule has 12 nitrogen and oxygen atoms in total. The summed E-state index contributed by atoms with van der Waals surface area (Å²) >= 11 is 0. The maximum absolute atomic E-state index is 12.0. The van der Waals surface area contributed by atoms with E-state index in [1.54, 1.807) is 0 Å². The Bertz CT molecular complexity index is 789. The molecule has 0 aromatic carbocycles. The van der Waals surface area contributed by atoms with E-state index in [1.807, 2.05) is 0 Å². The van der Waals surface area contributed by atoms with Crippen molar-refractivity contribution in [2.45, 2.75) is 134 Å². The highest BCUT2D eigenvalue weighted by Crippen LogP contribution is 2.14. The van der Waals surface area contributed by atoms with Gasteiger partial charge in [-0.2, -0.15) is 0 Å². The largest absolute Gasteiger partial charge is 0.481 e. The zero-order chi connectivity index (χ0) is 30.2. The van der Waals surface area contributed by atoms with Gasteiger partial charge in [-0.15, -0.1) is 0 Å². The minimum atomic E-state index is -1.39. The van der Waals surface area contributed by atoms with E-state index in [0.717, 1.165) is 51.4 Å². The lowest BCUT2D eigenvalue weighted by Crippen LogP contribution is -2.42. The number of hydrogen-bond donors (Lipinski definition) is 6. The third kappa shape index (κ3) is 21.7. The molecule has 0 spiro atoms. The predicted octanol–water partition coefficient (Wildman–Crippen LogP) is 3.37. The summed E-state index contributed by atoms with van der Waals surface area (Å²) in [6.45, 7) is 0. The first-order chi connectivity index (χ1) is 19.1. The van der Waals surface area contributed by atoms with Crippen molar-refractivity contribution in [3.05, 3.63) is 0 Å². The van der Waals surface area contributed by atoms with Gasteiger partial charge in [-0.3, -0.25) is 19.2 Å². The molecule has 0 fully saturated rings. The molecular weight excluding hydrogens is 522 g/mol. The Balaban J connectivity index is 3.58. The van der Waals surface area contributed by atoms with E-state index >= 15 is 0 Å². The number of hydrogen-bond acceptors (Lipinski definition) is 6. The molecule has 0 radical (unpaired) electrons. The van der Waals surface area contributed by atoms with E-state index < -0.39 is 42.3 Å². The molecule has 230 valence electrons. The molecule has 2 unspecified atom stereocenters. The van der Waals surface area contributed by atoms with Gasteiger partial charge in [-0.25, -0.2) is 9.59 Å². The normalized spacial score (nSPS) is 12.2. The summed E-state index contributed by atoms with van der Waals surface area (Å²) in [6, 6.07) is -2.44. The lowest BCUT2D eigenvalue weighted by atomic mass is 10.0. The summed E-state index contributed by atoms with van der Waals surface area (Å²) in [5.74, 6) is -4.74. The molecule has 0 aromatic rings. The van der Waals surface area contributed by atoms with Crippen LogP contribution in [-0.2, 0) is 28.8 Å². The fraction of sp³-hybridized carbons (Fsp3) is 0.786. The molecule has 0 aromatic heterocycles. The fourth-order valence-corrected chi connectivity index (χ4v) is 4.26. The maximum Gasteiger partial charge on any atom is 0.326 e. The molecular formula is C28H49N3O9. The first-order valence-corrected chi connectivity index (χ1v) is 14.5. The third-order valence-electron chi connectivity index (χ3n) is 6.64. The van der Waals surface area contributed by atoms with Gasteiger partial charge in [0.15, 0.2) is 0 Å². The number of amides is 3. The van der Waals surface area contributed by atoms with Gasteiger partial charge < -0.3 is 31.3 Å². The second-order valence-electron chi connectivity index (χ2n) is 10.2. The standard InChI is InChI=1S/C28H49N3O9/c1-29-23(32)19-18-21(27(37)38)30-24(33)16-14-12-10-8-6-4-2-3-5-7-9-11-13-15-17-25(34)31-22(28(39)40)20-26(35)36/h21-22H,2-20H2,1H3,(H,29,32)(H,30,33)(H,31,34)(H,35,36)(H,37,38)(H,39,40). The Hall–Kier alpha value is -3.18. The van der Waals surface area contributed by atoms with Gasteiger partial charge in [-0.05, 0) is 19.3 Å². The number of unbranched alkanes of at least 4 members (excludes halogenated alkanes) is 13. The van der Waals surface area contributed by atoms with Gasteiger partial charge in [0.05, 0.1) is 6.42 Å². The third-order valence-corrected chi connectivity index (χ3v) is 6.64. The van der Waals surface area contributed by atoms with Gasteiger partial charge >= 0.3 is 17.9 Å². The summed E-state index contributed by atoms with van der Waals surface area (Å²) in [7, 11) is 1.48. The van der Waals surface area contributed by atoms with Crippen LogP contribution in [0.4, 0.5) is 0 Å². The first-order valence-electron chi connectivity index (χ1n) is 14.5. The zero-order valence-electron chi connectivity index (χ0n) is 23.9. The molecule has 6 N–H and O–H groups in total. The molecule has 2 atom stereocenters. The van der Waals surface area contributed by atoms with Gasteiger partial charge in [0.2, 0.25) is 17.7 Å². The van der Waals surface area contributed by atoms with Crippen molar-refractivity contribution in [3.8, 4) is 0 Å². The van der Waals surface area contributed by atoms with E-state index in [2.05, 4.69) is 16.0 Å². The Kier molecular flexibility index (Phi) is 21.8. The van der Waals surface area contributed by atoms with E-state index in [-0.39, 0.29) is 37.5 Å². The zero-order valence-corrected chi connectivity index (χ0v) is 23.9. The summed E-state index contributed by atoms with van der Waals surface area (Å²) in [5.41, 5.74) is 0. The topological polar surface area (TPSA) is 199 Å². The molecule has 40 heavy (non-hydrogen) atoms. The summed E-state index contributed by atoms with van der Waals surface area (Å²) in [6.07, 6.45) is 14.4. The van der Waals surface area contributed by atoms with Crippen LogP contribution in [0.5, 0.6) is 0 Å². The molecule has 0 rings (SSSR count). The van der Waals surface area contributed by atoms with Gasteiger partial charge in [0.25, 0.3) is 0 Å². The lowest BCUT2D eigenvalue weighted by molar-refractivity contribution is -0.147. The van der Waals surface area contributed by atoms with Crippen LogP contribution in [0.15, 0.2) is 0 Å². The molecule has 12 heteroatoms. The van der Waals surface area contributed by atoms with Crippen molar-refractivity contribution in [3.63, 3.8) is 0 Å². The highest BCUT2D eigenvalue weighted by Gasteiger charge is 2.23. The maximum atomic E-state index is 12.0. The van der Waals surface area contributed by atoms with Crippen molar-refractivity contribution < 1.29 is 44.1 Å². The van der Waals surface area contributed by atoms with Crippen LogP contribution in [0, 0.1) is 0 Å². The second-order valence-corrected chi connectivity index (χ2v) is 10.2. The van der Waals surface area contributed by atoms with Crippen LogP contribution in [0.1, 0.15) is 122 Å². The Morgan fingerprint density at radius 1 is 0.500 bits per heavy atom. The predicted molar refractivity (Wildman–Crippen MR) is 149 cm³/mol. The SMILES string of the molecule is CNC(=O)CCC(NC(=O)CCCCCCCCCCCCCCCCC(=O)NC(CC(=O)O)C(=O)O)C(=O)O. The monoisotopic (exact) mass is 571 g/mol. The average Bonchev–Trinajstić information content (AvgIpc) is 2.89. The van der Waals surface area contributed by atoms with E-state index in [9.17, 15) is 33.9 Å². The van der Waals surface area contributed by atoms with Crippen molar-refractivity contribution in [2.24, 2.45) is 0 Å². The molecule has 0 saturated carbocycles. The average molecular weight is 572 g/mol. The number of nitrogens with one attached hydrogen (secondary N) is 3. The van der Waals surface area contributed by atoms with E-state index in [4.69, 9.17) is 10.2 Å². The Labute approximate surface area is 237 Å². The minimum absolute atomic E-state index is 0.0497. The first kappa shape index (κ1) is 36.8. The highest BCUT2D eigenvalue weighted by molar-refractivity contribution is 5.86. The molecule has 0 aliphatic carbocycles. The summed E-state index contributed by atoms with van der Waals surface area (Å²) in [4.78, 5) is 67.9. The highest BCUT2D eigenvalue weighted by atomic mass is 16.4. The molecule has 0 aliphatic rings. The molecule has 0 bridgehead atoms. The lowest BCUT2D eigenvalue weighted by Gasteiger charge is -2.14. The van der Waals surface area contributed by atoms with Crippen molar-refractivity contribution in [2.75, 3.05) is 7.05 Å². The fourth-order valence-electron chi connectivity index (χ4n) is 4.26.